The molecule has 1 unspecified atom stereocenters. The third kappa shape index (κ3) is 3.62. The topological polar surface area (TPSA) is 57.2 Å². The van der Waals surface area contributed by atoms with E-state index in [1.165, 1.54) is 0 Å². The fourth-order valence-corrected chi connectivity index (χ4v) is 1.08. The summed E-state index contributed by atoms with van der Waals surface area (Å²) in [4.78, 5) is 4.28. The van der Waals surface area contributed by atoms with E-state index in [0.717, 1.165) is 24.6 Å². The normalized spacial score (nSPS) is 12.2. The van der Waals surface area contributed by atoms with Crippen LogP contribution in [0.15, 0.2) is 18.2 Å². The molecule has 1 aromatic heterocycles. The summed E-state index contributed by atoms with van der Waals surface area (Å²) in [6.45, 7) is 2.51. The molecular weight excluding hydrogens is 178 g/mol. The summed E-state index contributed by atoms with van der Waals surface area (Å²) in [6, 6.07) is 5.74. The van der Waals surface area contributed by atoms with Crippen LogP contribution in [0.25, 0.3) is 0 Å². The molecule has 0 aliphatic rings. The van der Waals surface area contributed by atoms with Gasteiger partial charge in [0.2, 0.25) is 0 Å². The van der Waals surface area contributed by atoms with Gasteiger partial charge in [-0.1, -0.05) is 6.07 Å². The SMILES string of the molecule is CNc1cccc(NCCC(C)O)n1. The van der Waals surface area contributed by atoms with Crippen molar-refractivity contribution in [2.75, 3.05) is 24.2 Å². The standard InChI is InChI=1S/C10H17N3O/c1-8(14)6-7-12-10-5-3-4-9(11-2)13-10/h3-5,8,14H,6-7H2,1-2H3,(H2,11,12,13). The predicted octanol–water partition coefficient (Wildman–Crippen LogP) is 1.31. The highest BCUT2D eigenvalue weighted by Gasteiger charge is 1.97. The summed E-state index contributed by atoms with van der Waals surface area (Å²) in [5.41, 5.74) is 0. The maximum atomic E-state index is 9.06. The molecule has 0 saturated heterocycles. The number of hydrogen-bond acceptors (Lipinski definition) is 4. The Morgan fingerprint density at radius 1 is 1.43 bits per heavy atom. The van der Waals surface area contributed by atoms with Crippen LogP contribution in [-0.2, 0) is 0 Å². The van der Waals surface area contributed by atoms with Crippen molar-refractivity contribution in [3.8, 4) is 0 Å². The van der Waals surface area contributed by atoms with E-state index in [0.29, 0.717) is 0 Å². The Labute approximate surface area is 84.4 Å². The van der Waals surface area contributed by atoms with Gasteiger partial charge in [-0.15, -0.1) is 0 Å². The van der Waals surface area contributed by atoms with Gasteiger partial charge in [0.15, 0.2) is 0 Å². The smallest absolute Gasteiger partial charge is 0.128 e. The quantitative estimate of drug-likeness (QED) is 0.663. The van der Waals surface area contributed by atoms with Crippen LogP contribution in [-0.4, -0.2) is 29.8 Å². The van der Waals surface area contributed by atoms with E-state index in [4.69, 9.17) is 5.11 Å². The van der Waals surface area contributed by atoms with Crippen molar-refractivity contribution in [1.82, 2.24) is 4.98 Å². The lowest BCUT2D eigenvalue weighted by Crippen LogP contribution is -2.10. The molecule has 4 nitrogen and oxygen atoms in total. The van der Waals surface area contributed by atoms with Gasteiger partial charge in [-0.3, -0.25) is 0 Å². The van der Waals surface area contributed by atoms with E-state index in [1.54, 1.807) is 6.92 Å². The van der Waals surface area contributed by atoms with Crippen LogP contribution in [0.2, 0.25) is 0 Å². The predicted molar refractivity (Wildman–Crippen MR) is 58.6 cm³/mol. The highest BCUT2D eigenvalue weighted by Crippen LogP contribution is 2.08. The Morgan fingerprint density at radius 3 is 2.79 bits per heavy atom. The van der Waals surface area contributed by atoms with Gasteiger partial charge >= 0.3 is 0 Å². The maximum Gasteiger partial charge on any atom is 0.128 e. The van der Waals surface area contributed by atoms with Gasteiger partial charge in [0, 0.05) is 13.6 Å². The van der Waals surface area contributed by atoms with E-state index in [9.17, 15) is 0 Å². The van der Waals surface area contributed by atoms with Gasteiger partial charge in [0.1, 0.15) is 11.6 Å². The molecular formula is C10H17N3O. The van der Waals surface area contributed by atoms with Crippen molar-refractivity contribution in [2.24, 2.45) is 0 Å². The molecule has 78 valence electrons. The summed E-state index contributed by atoms with van der Waals surface area (Å²) in [7, 11) is 1.84. The van der Waals surface area contributed by atoms with E-state index in [1.807, 2.05) is 25.2 Å². The van der Waals surface area contributed by atoms with Gasteiger partial charge in [0.25, 0.3) is 0 Å². The highest BCUT2D eigenvalue weighted by atomic mass is 16.3. The van der Waals surface area contributed by atoms with Crippen LogP contribution < -0.4 is 10.6 Å². The monoisotopic (exact) mass is 195 g/mol. The molecule has 0 spiro atoms. The summed E-state index contributed by atoms with van der Waals surface area (Å²) in [5, 5.41) is 15.2. The molecule has 0 fully saturated rings. The zero-order chi connectivity index (χ0) is 10.4. The zero-order valence-corrected chi connectivity index (χ0v) is 8.62. The van der Waals surface area contributed by atoms with Gasteiger partial charge in [-0.25, -0.2) is 4.98 Å². The lowest BCUT2D eigenvalue weighted by molar-refractivity contribution is 0.188. The second-order valence-electron chi connectivity index (χ2n) is 3.22. The molecule has 0 aliphatic heterocycles. The van der Waals surface area contributed by atoms with Crippen molar-refractivity contribution in [3.63, 3.8) is 0 Å². The van der Waals surface area contributed by atoms with E-state index < -0.39 is 0 Å². The number of aliphatic hydroxyl groups excluding tert-OH is 1. The van der Waals surface area contributed by atoms with E-state index in [2.05, 4.69) is 15.6 Å². The number of hydrogen-bond donors (Lipinski definition) is 3. The molecule has 4 heteroatoms. The molecule has 0 saturated carbocycles. The van der Waals surface area contributed by atoms with Crippen molar-refractivity contribution in [3.05, 3.63) is 18.2 Å². The van der Waals surface area contributed by atoms with E-state index in [-0.39, 0.29) is 6.10 Å². The molecule has 3 N–H and O–H groups in total. The van der Waals surface area contributed by atoms with Crippen LogP contribution in [0.3, 0.4) is 0 Å². The second kappa shape index (κ2) is 5.44. The lowest BCUT2D eigenvalue weighted by atomic mass is 10.3. The van der Waals surface area contributed by atoms with Crippen LogP contribution in [0, 0.1) is 0 Å². The minimum Gasteiger partial charge on any atom is -0.393 e. The molecule has 0 radical (unpaired) electrons. The molecule has 1 aromatic rings. The number of nitrogens with zero attached hydrogens (tertiary/aromatic N) is 1. The first-order chi connectivity index (χ1) is 6.72. The molecule has 1 heterocycles. The number of anilines is 2. The van der Waals surface area contributed by atoms with Crippen molar-refractivity contribution in [2.45, 2.75) is 19.4 Å². The Morgan fingerprint density at radius 2 is 2.14 bits per heavy atom. The average Bonchev–Trinajstić information content (AvgIpc) is 2.18. The molecule has 1 rings (SSSR count). The Kier molecular flexibility index (Phi) is 4.19. The summed E-state index contributed by atoms with van der Waals surface area (Å²) in [6.07, 6.45) is 0.459. The molecule has 0 amide bonds. The van der Waals surface area contributed by atoms with Crippen molar-refractivity contribution >= 4 is 11.6 Å². The summed E-state index contributed by atoms with van der Waals surface area (Å²) in [5.74, 6) is 1.67. The lowest BCUT2D eigenvalue weighted by Gasteiger charge is -2.08. The fraction of sp³-hybridized carbons (Fsp3) is 0.500. The number of aliphatic hydroxyl groups is 1. The van der Waals surface area contributed by atoms with Crippen LogP contribution in [0.4, 0.5) is 11.6 Å². The number of aromatic nitrogens is 1. The molecule has 1 atom stereocenters. The van der Waals surface area contributed by atoms with Gasteiger partial charge in [-0.2, -0.15) is 0 Å². The molecule has 0 aromatic carbocycles. The van der Waals surface area contributed by atoms with Crippen molar-refractivity contribution in [1.29, 1.82) is 0 Å². The summed E-state index contributed by atoms with van der Waals surface area (Å²) >= 11 is 0. The minimum absolute atomic E-state index is 0.269. The molecule has 0 aliphatic carbocycles. The first-order valence-corrected chi connectivity index (χ1v) is 4.79. The highest BCUT2D eigenvalue weighted by molar-refractivity contribution is 5.44. The minimum atomic E-state index is -0.269. The third-order valence-electron chi connectivity index (χ3n) is 1.87. The first kappa shape index (κ1) is 10.8. The molecule has 0 bridgehead atoms. The van der Waals surface area contributed by atoms with Crippen molar-refractivity contribution < 1.29 is 5.11 Å². The Bertz CT molecular complexity index is 276. The molecule has 14 heavy (non-hydrogen) atoms. The van der Waals surface area contributed by atoms with Gasteiger partial charge in [0.05, 0.1) is 6.10 Å². The Balaban J connectivity index is 2.42. The van der Waals surface area contributed by atoms with Crippen LogP contribution in [0.1, 0.15) is 13.3 Å². The second-order valence-corrected chi connectivity index (χ2v) is 3.22. The number of nitrogens with one attached hydrogen (secondary N) is 2. The van der Waals surface area contributed by atoms with Crippen LogP contribution in [0.5, 0.6) is 0 Å². The third-order valence-corrected chi connectivity index (χ3v) is 1.87. The van der Waals surface area contributed by atoms with E-state index >= 15 is 0 Å². The summed E-state index contributed by atoms with van der Waals surface area (Å²) < 4.78 is 0. The Hall–Kier alpha value is -1.29. The average molecular weight is 195 g/mol. The van der Waals surface area contributed by atoms with Gasteiger partial charge < -0.3 is 15.7 Å². The zero-order valence-electron chi connectivity index (χ0n) is 8.62. The first-order valence-electron chi connectivity index (χ1n) is 4.79. The van der Waals surface area contributed by atoms with Gasteiger partial charge in [-0.05, 0) is 25.5 Å². The largest absolute Gasteiger partial charge is 0.393 e. The fourth-order valence-electron chi connectivity index (χ4n) is 1.08. The number of rotatable bonds is 5. The number of pyridine rings is 1. The maximum absolute atomic E-state index is 9.06. The van der Waals surface area contributed by atoms with Crippen LogP contribution >= 0.6 is 0 Å².